The number of nitrogens with one attached hydrogen (secondary N) is 1. The molecule has 0 saturated carbocycles. The second-order valence-corrected chi connectivity index (χ2v) is 6.94. The van der Waals surface area contributed by atoms with Crippen LogP contribution in [0, 0.1) is 17.1 Å². The fourth-order valence-corrected chi connectivity index (χ4v) is 3.43. The van der Waals surface area contributed by atoms with Gasteiger partial charge in [0, 0.05) is 5.69 Å². The summed E-state index contributed by atoms with van der Waals surface area (Å²) in [6.07, 6.45) is 1.93. The summed E-state index contributed by atoms with van der Waals surface area (Å²) in [5.74, 6) is -1.88. The van der Waals surface area contributed by atoms with Gasteiger partial charge in [-0.1, -0.05) is 0 Å². The molecule has 1 aliphatic heterocycles. The molecule has 2 amide bonds. The number of hydrogen-bond acceptors (Lipinski definition) is 9. The second kappa shape index (κ2) is 9.27. The number of hydrazine groups is 1. The molecule has 2 heterocycles. The van der Waals surface area contributed by atoms with E-state index >= 15 is 0 Å². The third-order valence-electron chi connectivity index (χ3n) is 4.26. The van der Waals surface area contributed by atoms with Crippen molar-refractivity contribution in [2.24, 2.45) is 0 Å². The van der Waals surface area contributed by atoms with Crippen LogP contribution in [0.15, 0.2) is 53.2 Å². The number of Topliss-reactive ketones (excluding diaryl/α,β-unsaturated/α-hetero) is 1. The van der Waals surface area contributed by atoms with Gasteiger partial charge in [0.05, 0.1) is 24.0 Å². The molecule has 31 heavy (non-hydrogen) atoms. The van der Waals surface area contributed by atoms with Crippen LogP contribution in [-0.4, -0.2) is 47.7 Å². The van der Waals surface area contributed by atoms with Crippen molar-refractivity contribution >= 4 is 40.9 Å². The molecule has 9 nitrogen and oxygen atoms in total. The van der Waals surface area contributed by atoms with Gasteiger partial charge in [-0.2, -0.15) is 5.26 Å². The highest BCUT2D eigenvalue weighted by Gasteiger charge is 2.42. The van der Waals surface area contributed by atoms with Gasteiger partial charge in [0.25, 0.3) is 5.91 Å². The molecule has 11 heteroatoms. The summed E-state index contributed by atoms with van der Waals surface area (Å²) in [5.41, 5.74) is 0.612. The zero-order valence-corrected chi connectivity index (χ0v) is 17.3. The van der Waals surface area contributed by atoms with Gasteiger partial charge >= 0.3 is 6.09 Å². The number of hydrogen-bond donors (Lipinski definition) is 1. The number of anilines is 2. The van der Waals surface area contributed by atoms with Crippen LogP contribution in [0.4, 0.5) is 20.6 Å². The number of amides is 2. The molecule has 0 unspecified atom stereocenters. The lowest BCUT2D eigenvalue weighted by Crippen LogP contribution is -2.58. The van der Waals surface area contributed by atoms with Crippen LogP contribution in [0.5, 0.6) is 0 Å². The Kier molecular flexibility index (Phi) is 6.52. The highest BCUT2D eigenvalue weighted by atomic mass is 32.2. The molecule has 0 atom stereocenters. The van der Waals surface area contributed by atoms with Gasteiger partial charge in [-0.05, 0) is 42.7 Å². The van der Waals surface area contributed by atoms with Crippen molar-refractivity contribution in [1.82, 2.24) is 9.99 Å². The van der Waals surface area contributed by atoms with Gasteiger partial charge in [-0.25, -0.2) is 14.2 Å². The number of nitrogens with zero attached hydrogens (tertiary/aromatic N) is 4. The number of nitriles is 1. The highest BCUT2D eigenvalue weighted by molar-refractivity contribution is 8.02. The van der Waals surface area contributed by atoms with Gasteiger partial charge in [-0.15, -0.1) is 16.8 Å². The van der Waals surface area contributed by atoms with Crippen molar-refractivity contribution < 1.29 is 23.5 Å². The monoisotopic (exact) mass is 441 g/mol. The van der Waals surface area contributed by atoms with E-state index < -0.39 is 23.6 Å². The summed E-state index contributed by atoms with van der Waals surface area (Å²) in [6.45, 7) is -0.348. The number of aromatic nitrogens is 1. The molecule has 1 N–H and O–H groups in total. The minimum absolute atomic E-state index is 0.136. The molecule has 2 aromatic rings. The van der Waals surface area contributed by atoms with Crippen molar-refractivity contribution in [3.63, 3.8) is 0 Å². The van der Waals surface area contributed by atoms with Crippen molar-refractivity contribution in [3.8, 4) is 6.07 Å². The molecule has 0 spiro atoms. The third-order valence-corrected chi connectivity index (χ3v) is 4.98. The maximum Gasteiger partial charge on any atom is 0.436 e. The average molecular weight is 441 g/mol. The van der Waals surface area contributed by atoms with E-state index in [1.165, 1.54) is 42.6 Å². The number of halogens is 1. The van der Waals surface area contributed by atoms with Crippen LogP contribution in [0.25, 0.3) is 0 Å². The fourth-order valence-electron chi connectivity index (χ4n) is 2.80. The number of ether oxygens (including phenoxy) is 1. The number of methoxy groups -OCH3 is 1. The number of pyridine rings is 1. The predicted molar refractivity (Wildman–Crippen MR) is 111 cm³/mol. The number of imide groups is 1. The Balaban J connectivity index is 2.02. The standard InChI is InChI=1S/C20H16FN5O4S/c1-30-20(29)26-19(28)17(18(31-2)24-13-5-3-12(21)4-6-13)16(27)11-25(26)15-8-7-14(9-22)23-10-15/h3-8,10,24H,11H2,1-2H3. The number of benzene rings is 1. The van der Waals surface area contributed by atoms with Gasteiger partial charge in [-0.3, -0.25) is 14.6 Å². The third kappa shape index (κ3) is 4.49. The number of carbonyl (C=O) groups excluding carboxylic acids is 3. The lowest BCUT2D eigenvalue weighted by Gasteiger charge is -2.37. The van der Waals surface area contributed by atoms with Crippen molar-refractivity contribution in [2.45, 2.75) is 0 Å². The smallest absolute Gasteiger partial charge is 0.436 e. The number of ketones is 1. The molecule has 1 aromatic heterocycles. The Morgan fingerprint density at radius 1 is 1.26 bits per heavy atom. The zero-order chi connectivity index (χ0) is 22.5. The normalized spacial score (nSPS) is 15.4. The quantitative estimate of drug-likeness (QED) is 0.565. The first-order chi connectivity index (χ1) is 14.9. The Morgan fingerprint density at radius 3 is 2.52 bits per heavy atom. The number of carbonyl (C=O) groups is 3. The van der Waals surface area contributed by atoms with Gasteiger partial charge in [0.1, 0.15) is 29.7 Å². The Morgan fingerprint density at radius 2 is 1.97 bits per heavy atom. The minimum Gasteiger partial charge on any atom is -0.451 e. The molecule has 0 bridgehead atoms. The second-order valence-electron chi connectivity index (χ2n) is 6.12. The van der Waals surface area contributed by atoms with Crippen molar-refractivity contribution in [2.75, 3.05) is 30.2 Å². The zero-order valence-electron chi connectivity index (χ0n) is 16.5. The number of rotatable bonds is 4. The van der Waals surface area contributed by atoms with E-state index in [1.807, 2.05) is 6.07 Å². The van der Waals surface area contributed by atoms with E-state index in [0.29, 0.717) is 10.7 Å². The van der Waals surface area contributed by atoms with Crippen LogP contribution in [0.1, 0.15) is 5.69 Å². The van der Waals surface area contributed by atoms with Gasteiger partial charge in [0.2, 0.25) is 0 Å². The van der Waals surface area contributed by atoms with Gasteiger partial charge in [0.15, 0.2) is 5.78 Å². The predicted octanol–water partition coefficient (Wildman–Crippen LogP) is 2.68. The van der Waals surface area contributed by atoms with E-state index in [2.05, 4.69) is 10.3 Å². The molecular weight excluding hydrogens is 425 g/mol. The van der Waals surface area contributed by atoms with E-state index in [1.54, 1.807) is 6.26 Å². The first-order valence-electron chi connectivity index (χ1n) is 8.79. The molecule has 0 radical (unpaired) electrons. The molecule has 1 saturated heterocycles. The maximum absolute atomic E-state index is 13.2. The highest BCUT2D eigenvalue weighted by Crippen LogP contribution is 2.29. The molecular formula is C20H16FN5O4S. The van der Waals surface area contributed by atoms with Crippen LogP contribution < -0.4 is 10.3 Å². The van der Waals surface area contributed by atoms with E-state index in [4.69, 9.17) is 10.00 Å². The summed E-state index contributed by atoms with van der Waals surface area (Å²) in [6, 6.07) is 10.1. The van der Waals surface area contributed by atoms with Gasteiger partial charge < -0.3 is 10.1 Å². The van der Waals surface area contributed by atoms with Crippen LogP contribution in [0.2, 0.25) is 0 Å². The molecule has 3 rings (SSSR count). The summed E-state index contributed by atoms with van der Waals surface area (Å²) in [5, 5.41) is 13.9. The van der Waals surface area contributed by atoms with Crippen LogP contribution in [0.3, 0.4) is 0 Å². The Hall–Kier alpha value is -3.91. The van der Waals surface area contributed by atoms with Crippen molar-refractivity contribution in [1.29, 1.82) is 5.26 Å². The molecule has 1 fully saturated rings. The first-order valence-corrected chi connectivity index (χ1v) is 10.0. The van der Waals surface area contributed by atoms with E-state index in [9.17, 15) is 18.8 Å². The first kappa shape index (κ1) is 21.8. The summed E-state index contributed by atoms with van der Waals surface area (Å²) >= 11 is 1.09. The van der Waals surface area contributed by atoms with Crippen LogP contribution >= 0.6 is 11.8 Å². The van der Waals surface area contributed by atoms with Crippen LogP contribution in [-0.2, 0) is 14.3 Å². The largest absolute Gasteiger partial charge is 0.451 e. The SMILES string of the molecule is COC(=O)N1C(=O)C(=C(Nc2ccc(F)cc2)SC)C(=O)CN1c1ccc(C#N)nc1. The average Bonchev–Trinajstić information content (AvgIpc) is 2.78. The summed E-state index contributed by atoms with van der Waals surface area (Å²) < 4.78 is 17.9. The van der Waals surface area contributed by atoms with E-state index in [0.717, 1.165) is 23.9 Å². The Labute approximate surface area is 181 Å². The summed E-state index contributed by atoms with van der Waals surface area (Å²) in [4.78, 5) is 42.5. The fraction of sp³-hybridized carbons (Fsp3) is 0.150. The number of thioether (sulfide) groups is 1. The minimum atomic E-state index is -0.999. The van der Waals surface area contributed by atoms with Crippen molar-refractivity contribution in [3.05, 3.63) is 64.7 Å². The topological polar surface area (TPSA) is 116 Å². The summed E-state index contributed by atoms with van der Waals surface area (Å²) in [7, 11) is 1.11. The van der Waals surface area contributed by atoms with E-state index in [-0.39, 0.29) is 28.5 Å². The maximum atomic E-state index is 13.2. The molecule has 1 aliphatic rings. The Bertz CT molecular complexity index is 1100. The molecule has 0 aliphatic carbocycles. The lowest BCUT2D eigenvalue weighted by atomic mass is 10.1. The lowest BCUT2D eigenvalue weighted by molar-refractivity contribution is -0.131. The molecule has 158 valence electrons. The molecule has 1 aromatic carbocycles.